The van der Waals surface area contributed by atoms with Gasteiger partial charge in [0.1, 0.15) is 6.54 Å². The van der Waals surface area contributed by atoms with E-state index in [4.69, 9.17) is 4.74 Å². The second-order valence-corrected chi connectivity index (χ2v) is 6.70. The van der Waals surface area contributed by atoms with Gasteiger partial charge in [0.2, 0.25) is 0 Å². The second-order valence-electron chi connectivity index (χ2n) is 6.70. The Morgan fingerprint density at radius 3 is 2.23 bits per heavy atom. The summed E-state index contributed by atoms with van der Waals surface area (Å²) >= 11 is 0. The zero-order valence-electron chi connectivity index (χ0n) is 16.6. The van der Waals surface area contributed by atoms with E-state index in [9.17, 15) is 27.6 Å². The van der Waals surface area contributed by atoms with Gasteiger partial charge in [-0.15, -0.1) is 0 Å². The maximum Gasteiger partial charge on any atom is 0.416 e. The third kappa shape index (κ3) is 6.33. The molecule has 160 valence electrons. The van der Waals surface area contributed by atoms with Crippen LogP contribution in [0.25, 0.3) is 0 Å². The lowest BCUT2D eigenvalue weighted by Gasteiger charge is -2.15. The predicted octanol–water partition coefficient (Wildman–Crippen LogP) is 3.62. The predicted molar refractivity (Wildman–Crippen MR) is 104 cm³/mol. The van der Waals surface area contributed by atoms with Crippen molar-refractivity contribution in [3.05, 3.63) is 64.7 Å². The van der Waals surface area contributed by atoms with Crippen molar-refractivity contribution in [2.45, 2.75) is 33.1 Å². The minimum atomic E-state index is -4.51. The number of alkyl halides is 3. The summed E-state index contributed by atoms with van der Waals surface area (Å²) in [6, 6.07) is 9.01. The molecule has 1 unspecified atom stereocenters. The molecule has 6 nitrogen and oxygen atoms in total. The van der Waals surface area contributed by atoms with Crippen LogP contribution >= 0.6 is 0 Å². The van der Waals surface area contributed by atoms with E-state index < -0.39 is 42.2 Å². The number of hydrogen-bond donors (Lipinski definition) is 2. The van der Waals surface area contributed by atoms with Crippen molar-refractivity contribution in [1.82, 2.24) is 5.32 Å². The molecule has 0 saturated carbocycles. The maximum absolute atomic E-state index is 12.5. The number of halogens is 3. The lowest BCUT2D eigenvalue weighted by molar-refractivity contribution is -0.152. The van der Waals surface area contributed by atoms with Gasteiger partial charge in [0.15, 0.2) is 6.10 Å². The Morgan fingerprint density at radius 2 is 1.67 bits per heavy atom. The van der Waals surface area contributed by atoms with E-state index in [2.05, 4.69) is 10.6 Å². The number of benzene rings is 2. The van der Waals surface area contributed by atoms with Crippen molar-refractivity contribution in [1.29, 1.82) is 0 Å². The van der Waals surface area contributed by atoms with Gasteiger partial charge in [0.25, 0.3) is 11.8 Å². The van der Waals surface area contributed by atoms with E-state index >= 15 is 0 Å². The van der Waals surface area contributed by atoms with E-state index in [1.807, 2.05) is 26.0 Å². The van der Waals surface area contributed by atoms with Crippen LogP contribution in [0.2, 0.25) is 0 Å². The molecule has 2 amide bonds. The Balaban J connectivity index is 1.84. The van der Waals surface area contributed by atoms with Gasteiger partial charge >= 0.3 is 12.1 Å². The first-order chi connectivity index (χ1) is 14.0. The van der Waals surface area contributed by atoms with Crippen LogP contribution in [0, 0.1) is 13.8 Å². The third-order valence-corrected chi connectivity index (χ3v) is 4.18. The minimum absolute atomic E-state index is 0.0450. The minimum Gasteiger partial charge on any atom is -0.451 e. The average Bonchev–Trinajstić information content (AvgIpc) is 2.67. The van der Waals surface area contributed by atoms with Gasteiger partial charge in [-0.3, -0.25) is 14.4 Å². The molecule has 2 rings (SSSR count). The smallest absolute Gasteiger partial charge is 0.416 e. The molecule has 0 saturated heterocycles. The standard InChI is InChI=1S/C21H21F3N2O4/c1-12-4-9-17(13(2)10-12)26-19(28)14(3)30-18(27)11-25-20(29)15-5-7-16(8-6-15)21(22,23)24/h4-10,14H,11H2,1-3H3,(H,25,29)(H,26,28). The summed E-state index contributed by atoms with van der Waals surface area (Å²) in [5, 5.41) is 4.90. The molecule has 0 radical (unpaired) electrons. The van der Waals surface area contributed by atoms with E-state index in [0.717, 1.165) is 35.4 Å². The second kappa shape index (κ2) is 9.43. The van der Waals surface area contributed by atoms with Crippen molar-refractivity contribution >= 4 is 23.5 Å². The van der Waals surface area contributed by atoms with Gasteiger partial charge in [-0.05, 0) is 56.7 Å². The number of esters is 1. The average molecular weight is 422 g/mol. The summed E-state index contributed by atoms with van der Waals surface area (Å²) < 4.78 is 42.6. The summed E-state index contributed by atoms with van der Waals surface area (Å²) in [6.45, 7) is 4.59. The molecule has 2 aromatic carbocycles. The first kappa shape index (κ1) is 22.9. The van der Waals surface area contributed by atoms with Crippen molar-refractivity contribution in [3.8, 4) is 0 Å². The fourth-order valence-corrected chi connectivity index (χ4v) is 2.55. The van der Waals surface area contributed by atoms with E-state index in [1.54, 1.807) is 6.07 Å². The summed E-state index contributed by atoms with van der Waals surface area (Å²) in [5.41, 5.74) is 1.54. The number of aryl methyl sites for hydroxylation is 2. The molecule has 0 aliphatic rings. The number of rotatable bonds is 6. The van der Waals surface area contributed by atoms with Gasteiger partial charge < -0.3 is 15.4 Å². The number of carbonyl (C=O) groups excluding carboxylic acids is 3. The topological polar surface area (TPSA) is 84.5 Å². The molecule has 0 heterocycles. The molecule has 0 spiro atoms. The van der Waals surface area contributed by atoms with Gasteiger partial charge in [-0.1, -0.05) is 17.7 Å². The molecule has 0 aliphatic carbocycles. The number of amides is 2. The van der Waals surface area contributed by atoms with Crippen molar-refractivity contribution in [2.24, 2.45) is 0 Å². The van der Waals surface area contributed by atoms with Crippen molar-refractivity contribution in [3.63, 3.8) is 0 Å². The largest absolute Gasteiger partial charge is 0.451 e. The van der Waals surface area contributed by atoms with Crippen LogP contribution in [0.3, 0.4) is 0 Å². The van der Waals surface area contributed by atoms with Gasteiger partial charge in [-0.2, -0.15) is 13.2 Å². The van der Waals surface area contributed by atoms with E-state index in [0.29, 0.717) is 5.69 Å². The Bertz CT molecular complexity index is 940. The molecule has 0 bridgehead atoms. The van der Waals surface area contributed by atoms with E-state index in [1.165, 1.54) is 6.92 Å². The molecule has 0 aromatic heterocycles. The molecule has 1 atom stereocenters. The quantitative estimate of drug-likeness (QED) is 0.697. The summed E-state index contributed by atoms with van der Waals surface area (Å²) in [6.07, 6.45) is -5.62. The lowest BCUT2D eigenvalue weighted by atomic mass is 10.1. The third-order valence-electron chi connectivity index (χ3n) is 4.18. The lowest BCUT2D eigenvalue weighted by Crippen LogP contribution is -2.36. The van der Waals surface area contributed by atoms with Crippen molar-refractivity contribution in [2.75, 3.05) is 11.9 Å². The number of nitrogens with one attached hydrogen (secondary N) is 2. The monoisotopic (exact) mass is 422 g/mol. The summed E-state index contributed by atoms with van der Waals surface area (Å²) in [5.74, 6) is -2.14. The van der Waals surface area contributed by atoms with Crippen LogP contribution in [0.4, 0.5) is 18.9 Å². The van der Waals surface area contributed by atoms with Crippen LogP contribution in [-0.4, -0.2) is 30.4 Å². The van der Waals surface area contributed by atoms with Crippen molar-refractivity contribution < 1.29 is 32.3 Å². The SMILES string of the molecule is Cc1ccc(NC(=O)C(C)OC(=O)CNC(=O)c2ccc(C(F)(F)F)cc2)c(C)c1. The molecule has 30 heavy (non-hydrogen) atoms. The molecule has 0 fully saturated rings. The Hall–Kier alpha value is -3.36. The Morgan fingerprint density at radius 1 is 1.03 bits per heavy atom. The summed E-state index contributed by atoms with van der Waals surface area (Å²) in [4.78, 5) is 36.0. The van der Waals surface area contributed by atoms with Crippen LogP contribution < -0.4 is 10.6 Å². The highest BCUT2D eigenvalue weighted by molar-refractivity contribution is 5.97. The molecule has 0 aliphatic heterocycles. The fraction of sp³-hybridized carbons (Fsp3) is 0.286. The summed E-state index contributed by atoms with van der Waals surface area (Å²) in [7, 11) is 0. The molecule has 9 heteroatoms. The highest BCUT2D eigenvalue weighted by Gasteiger charge is 2.30. The molecule has 2 N–H and O–H groups in total. The number of anilines is 1. The molecular formula is C21H21F3N2O4. The molecule has 2 aromatic rings. The fourth-order valence-electron chi connectivity index (χ4n) is 2.55. The highest BCUT2D eigenvalue weighted by atomic mass is 19.4. The van der Waals surface area contributed by atoms with Crippen LogP contribution in [0.15, 0.2) is 42.5 Å². The van der Waals surface area contributed by atoms with E-state index in [-0.39, 0.29) is 5.56 Å². The molecular weight excluding hydrogens is 401 g/mol. The highest BCUT2D eigenvalue weighted by Crippen LogP contribution is 2.29. The normalized spacial score (nSPS) is 12.1. The first-order valence-corrected chi connectivity index (χ1v) is 9.00. The van der Waals surface area contributed by atoms with Gasteiger partial charge in [-0.25, -0.2) is 0 Å². The number of ether oxygens (including phenoxy) is 1. The van der Waals surface area contributed by atoms with Gasteiger partial charge in [0.05, 0.1) is 5.56 Å². The maximum atomic E-state index is 12.5. The van der Waals surface area contributed by atoms with Crippen LogP contribution in [0.5, 0.6) is 0 Å². The number of carbonyl (C=O) groups is 3. The Kier molecular flexibility index (Phi) is 7.20. The Labute approximate surface area is 171 Å². The number of hydrogen-bond acceptors (Lipinski definition) is 4. The van der Waals surface area contributed by atoms with Crippen LogP contribution in [0.1, 0.15) is 34.0 Å². The van der Waals surface area contributed by atoms with Crippen LogP contribution in [-0.2, 0) is 20.5 Å². The zero-order chi connectivity index (χ0) is 22.5. The first-order valence-electron chi connectivity index (χ1n) is 9.00. The van der Waals surface area contributed by atoms with Gasteiger partial charge in [0, 0.05) is 11.3 Å². The zero-order valence-corrected chi connectivity index (χ0v) is 16.6.